The third-order valence-corrected chi connectivity index (χ3v) is 4.24. The lowest BCUT2D eigenvalue weighted by Crippen LogP contribution is -2.46. The number of carbonyl (C=O) groups excluding carboxylic acids is 1. The molecule has 0 bridgehead atoms. The van der Waals surface area contributed by atoms with E-state index < -0.39 is 0 Å². The molecule has 0 radical (unpaired) electrons. The number of hydrogen-bond acceptors (Lipinski definition) is 5. The van der Waals surface area contributed by atoms with Gasteiger partial charge in [0.1, 0.15) is 5.75 Å². The summed E-state index contributed by atoms with van der Waals surface area (Å²) < 4.78 is 5.33. The van der Waals surface area contributed by atoms with Crippen molar-refractivity contribution in [2.24, 2.45) is 5.73 Å². The molecular formula is C17H29ClN4O2. The Bertz CT molecular complexity index is 527. The van der Waals surface area contributed by atoms with Gasteiger partial charge in [0.25, 0.3) is 0 Å². The van der Waals surface area contributed by atoms with Crippen LogP contribution in [0, 0.1) is 6.92 Å². The number of methoxy groups -OCH3 is 1. The Labute approximate surface area is 150 Å². The Balaban J connectivity index is 0.00000288. The number of likely N-dealkylation sites (tertiary alicyclic amines) is 1. The molecule has 6 nitrogen and oxygen atoms in total. The summed E-state index contributed by atoms with van der Waals surface area (Å²) in [4.78, 5) is 18.7. The lowest BCUT2D eigenvalue weighted by Gasteiger charge is -2.35. The van der Waals surface area contributed by atoms with Crippen LogP contribution in [0.5, 0.6) is 5.75 Å². The fourth-order valence-corrected chi connectivity index (χ4v) is 3.06. The van der Waals surface area contributed by atoms with Gasteiger partial charge in [0, 0.05) is 49.9 Å². The molecule has 0 spiro atoms. The second kappa shape index (κ2) is 10.5. The Morgan fingerprint density at radius 1 is 1.46 bits per heavy atom. The fourth-order valence-electron chi connectivity index (χ4n) is 3.06. The number of ether oxygens (including phenoxy) is 1. The van der Waals surface area contributed by atoms with Crippen molar-refractivity contribution >= 4 is 18.3 Å². The van der Waals surface area contributed by atoms with Gasteiger partial charge >= 0.3 is 0 Å². The van der Waals surface area contributed by atoms with Crippen LogP contribution in [0.1, 0.15) is 37.1 Å². The van der Waals surface area contributed by atoms with E-state index in [1.807, 2.05) is 19.1 Å². The largest absolute Gasteiger partial charge is 0.497 e. The number of nitrogens with zero attached hydrogens (tertiary/aromatic N) is 2. The SMILES string of the molecule is COc1cc(C)nc(CN2CCCCC2CNC(=O)CCN)c1.Cl. The average molecular weight is 357 g/mol. The van der Waals surface area contributed by atoms with Gasteiger partial charge in [-0.3, -0.25) is 14.7 Å². The van der Waals surface area contributed by atoms with Crippen LogP contribution in [-0.4, -0.2) is 48.6 Å². The van der Waals surface area contributed by atoms with E-state index in [2.05, 4.69) is 15.2 Å². The maximum Gasteiger partial charge on any atom is 0.221 e. The first-order valence-electron chi connectivity index (χ1n) is 8.34. The van der Waals surface area contributed by atoms with E-state index in [0.717, 1.165) is 36.6 Å². The van der Waals surface area contributed by atoms with E-state index in [4.69, 9.17) is 10.5 Å². The number of halogens is 1. The minimum atomic E-state index is 0. The van der Waals surface area contributed by atoms with E-state index in [-0.39, 0.29) is 18.3 Å². The molecule has 2 heterocycles. The van der Waals surface area contributed by atoms with Gasteiger partial charge in [-0.2, -0.15) is 0 Å². The molecule has 1 unspecified atom stereocenters. The predicted molar refractivity (Wildman–Crippen MR) is 97.5 cm³/mol. The monoisotopic (exact) mass is 356 g/mol. The molecule has 0 aromatic carbocycles. The third-order valence-electron chi connectivity index (χ3n) is 4.24. The maximum absolute atomic E-state index is 11.6. The molecule has 1 fully saturated rings. The third kappa shape index (κ3) is 6.26. The first kappa shape index (κ1) is 20.7. The van der Waals surface area contributed by atoms with Crippen LogP contribution in [0.25, 0.3) is 0 Å². The highest BCUT2D eigenvalue weighted by atomic mass is 35.5. The van der Waals surface area contributed by atoms with Crippen LogP contribution in [0.2, 0.25) is 0 Å². The van der Waals surface area contributed by atoms with Gasteiger partial charge in [0.05, 0.1) is 12.8 Å². The summed E-state index contributed by atoms with van der Waals surface area (Å²) in [5, 5.41) is 3.00. The van der Waals surface area contributed by atoms with Gasteiger partial charge in [0.2, 0.25) is 5.91 Å². The van der Waals surface area contributed by atoms with Gasteiger partial charge in [-0.25, -0.2) is 0 Å². The lowest BCUT2D eigenvalue weighted by atomic mass is 10.0. The summed E-state index contributed by atoms with van der Waals surface area (Å²) in [7, 11) is 1.68. The number of pyridine rings is 1. The number of amides is 1. The molecule has 136 valence electrons. The van der Waals surface area contributed by atoms with Crippen molar-refractivity contribution in [3.8, 4) is 5.75 Å². The second-order valence-corrected chi connectivity index (χ2v) is 6.10. The highest BCUT2D eigenvalue weighted by Gasteiger charge is 2.23. The maximum atomic E-state index is 11.6. The first-order valence-corrected chi connectivity index (χ1v) is 8.34. The van der Waals surface area contributed by atoms with E-state index in [0.29, 0.717) is 25.6 Å². The smallest absolute Gasteiger partial charge is 0.221 e. The Morgan fingerprint density at radius 2 is 2.25 bits per heavy atom. The van der Waals surface area contributed by atoms with Gasteiger partial charge < -0.3 is 15.8 Å². The van der Waals surface area contributed by atoms with Crippen molar-refractivity contribution in [2.75, 3.05) is 26.7 Å². The summed E-state index contributed by atoms with van der Waals surface area (Å²) in [6.07, 6.45) is 3.89. The van der Waals surface area contributed by atoms with Crippen LogP contribution in [0.3, 0.4) is 0 Å². The van der Waals surface area contributed by atoms with Gasteiger partial charge in [-0.05, 0) is 26.3 Å². The minimum Gasteiger partial charge on any atom is -0.497 e. The topological polar surface area (TPSA) is 80.5 Å². The molecule has 1 saturated heterocycles. The molecule has 1 aliphatic rings. The summed E-state index contributed by atoms with van der Waals surface area (Å²) in [5.41, 5.74) is 7.40. The summed E-state index contributed by atoms with van der Waals surface area (Å²) in [6, 6.07) is 4.29. The van der Waals surface area contributed by atoms with Crippen molar-refractivity contribution in [1.82, 2.24) is 15.2 Å². The van der Waals surface area contributed by atoms with Crippen LogP contribution >= 0.6 is 12.4 Å². The van der Waals surface area contributed by atoms with Gasteiger partial charge in [-0.1, -0.05) is 6.42 Å². The molecular weight excluding hydrogens is 328 g/mol. The lowest BCUT2D eigenvalue weighted by molar-refractivity contribution is -0.121. The highest BCUT2D eigenvalue weighted by molar-refractivity contribution is 5.85. The number of hydrogen-bond donors (Lipinski definition) is 2. The van der Waals surface area contributed by atoms with E-state index >= 15 is 0 Å². The zero-order valence-electron chi connectivity index (χ0n) is 14.6. The highest BCUT2D eigenvalue weighted by Crippen LogP contribution is 2.21. The molecule has 3 N–H and O–H groups in total. The predicted octanol–water partition coefficient (Wildman–Crippen LogP) is 1.64. The molecule has 1 aromatic rings. The van der Waals surface area contributed by atoms with Crippen molar-refractivity contribution in [1.29, 1.82) is 0 Å². The molecule has 1 aliphatic heterocycles. The quantitative estimate of drug-likeness (QED) is 0.776. The first-order chi connectivity index (χ1) is 11.1. The number of piperidine rings is 1. The van der Waals surface area contributed by atoms with Crippen molar-refractivity contribution in [3.63, 3.8) is 0 Å². The Morgan fingerprint density at radius 3 is 2.96 bits per heavy atom. The normalized spacial score (nSPS) is 17.9. The molecule has 7 heteroatoms. The molecule has 1 aromatic heterocycles. The van der Waals surface area contributed by atoms with Crippen LogP contribution in [0.15, 0.2) is 12.1 Å². The number of nitrogens with two attached hydrogens (primary N) is 1. The minimum absolute atomic E-state index is 0. The molecule has 24 heavy (non-hydrogen) atoms. The number of aromatic nitrogens is 1. The molecule has 1 amide bonds. The fraction of sp³-hybridized carbons (Fsp3) is 0.647. The summed E-state index contributed by atoms with van der Waals surface area (Å²) in [5.74, 6) is 0.880. The Hall–Kier alpha value is -1.37. The van der Waals surface area contributed by atoms with Gasteiger partial charge in [-0.15, -0.1) is 12.4 Å². The van der Waals surface area contributed by atoms with Crippen molar-refractivity contribution < 1.29 is 9.53 Å². The standard InChI is InChI=1S/C17H28N4O2.ClH/c1-13-9-16(23-2)10-14(20-13)12-21-8-4-3-5-15(21)11-19-17(22)6-7-18;/h9-10,15H,3-8,11-12,18H2,1-2H3,(H,19,22);1H. The zero-order chi connectivity index (χ0) is 16.7. The molecule has 0 aliphatic carbocycles. The summed E-state index contributed by atoms with van der Waals surface area (Å²) in [6.45, 7) is 4.88. The second-order valence-electron chi connectivity index (χ2n) is 6.10. The van der Waals surface area contributed by atoms with Crippen LogP contribution in [0.4, 0.5) is 0 Å². The van der Waals surface area contributed by atoms with E-state index in [9.17, 15) is 4.79 Å². The van der Waals surface area contributed by atoms with E-state index in [1.54, 1.807) is 7.11 Å². The number of rotatable bonds is 7. The van der Waals surface area contributed by atoms with E-state index in [1.165, 1.54) is 12.8 Å². The zero-order valence-corrected chi connectivity index (χ0v) is 15.4. The number of nitrogens with one attached hydrogen (secondary N) is 1. The Kier molecular flexibility index (Phi) is 9.03. The van der Waals surface area contributed by atoms with Crippen molar-refractivity contribution in [2.45, 2.75) is 45.2 Å². The van der Waals surface area contributed by atoms with Crippen molar-refractivity contribution in [3.05, 3.63) is 23.5 Å². The average Bonchev–Trinajstić information content (AvgIpc) is 2.53. The summed E-state index contributed by atoms with van der Waals surface area (Å²) >= 11 is 0. The molecule has 2 rings (SSSR count). The molecule has 1 atom stereocenters. The molecule has 0 saturated carbocycles. The van der Waals surface area contributed by atoms with Crippen LogP contribution in [-0.2, 0) is 11.3 Å². The number of aryl methyl sites for hydroxylation is 1. The number of carbonyl (C=O) groups is 1. The van der Waals surface area contributed by atoms with Crippen LogP contribution < -0.4 is 15.8 Å². The van der Waals surface area contributed by atoms with Gasteiger partial charge in [0.15, 0.2) is 0 Å².